The zero-order valence-electron chi connectivity index (χ0n) is 6.16. The van der Waals surface area contributed by atoms with Crippen molar-refractivity contribution in [3.05, 3.63) is 13.0 Å². The topological polar surface area (TPSA) is 101 Å². The van der Waals surface area contributed by atoms with Crippen LogP contribution in [0.4, 0.5) is 0 Å². The van der Waals surface area contributed by atoms with Crippen molar-refractivity contribution in [2.75, 3.05) is 6.61 Å². The van der Waals surface area contributed by atoms with Crippen molar-refractivity contribution in [2.24, 2.45) is 0 Å². The Morgan fingerprint density at radius 1 is 1.08 bits per heavy atom. The van der Waals surface area contributed by atoms with Crippen molar-refractivity contribution in [1.29, 1.82) is 0 Å². The zero-order chi connectivity index (χ0) is 8.85. The molecule has 0 unspecified atom stereocenters. The summed E-state index contributed by atoms with van der Waals surface area (Å²) in [6.07, 6.45) is -3.37. The van der Waals surface area contributed by atoms with Crippen molar-refractivity contribution < 1.29 is 42.3 Å². The summed E-state index contributed by atoms with van der Waals surface area (Å²) < 4.78 is 0. The monoisotopic (exact) mass is 223 g/mol. The molecule has 0 fully saturated rings. The molecule has 12 heavy (non-hydrogen) atoms. The minimum atomic E-state index is -1.51. The molecule has 75 valence electrons. The molecule has 5 nitrogen and oxygen atoms in total. The number of aliphatic hydroxyl groups excluding tert-OH is 5. The van der Waals surface area contributed by atoms with Gasteiger partial charge in [0.15, 0.2) is 0 Å². The second kappa shape index (κ2) is 7.93. The minimum absolute atomic E-state index is 0. The van der Waals surface area contributed by atoms with Gasteiger partial charge in [0.05, 0.1) is 6.10 Å². The maximum Gasteiger partial charge on any atom is 2.00 e. The van der Waals surface area contributed by atoms with E-state index < -0.39 is 24.9 Å². The van der Waals surface area contributed by atoms with Crippen LogP contribution >= 0.6 is 0 Å². The van der Waals surface area contributed by atoms with Gasteiger partial charge in [-0.25, -0.2) is 0 Å². The van der Waals surface area contributed by atoms with E-state index in [9.17, 15) is 0 Å². The summed E-state index contributed by atoms with van der Waals surface area (Å²) in [5.74, 6) is 0. The summed E-state index contributed by atoms with van der Waals surface area (Å²) in [7, 11) is 0. The molecule has 0 aromatic carbocycles. The largest absolute Gasteiger partial charge is 2.00 e. The van der Waals surface area contributed by atoms with Gasteiger partial charge in [-0.05, 0) is 12.2 Å². The van der Waals surface area contributed by atoms with Gasteiger partial charge in [-0.3, -0.25) is 6.42 Å². The third-order valence-electron chi connectivity index (χ3n) is 1.20. The Labute approximate surface area is 80.9 Å². The fourth-order valence-electron chi connectivity index (χ4n) is 0.538. The first-order valence-electron chi connectivity index (χ1n) is 3.09. The smallest absolute Gasteiger partial charge is 0.563 e. The van der Waals surface area contributed by atoms with Gasteiger partial charge in [-0.2, -0.15) is 6.61 Å². The predicted molar refractivity (Wildman–Crippen MR) is 35.6 cm³/mol. The second-order valence-electron chi connectivity index (χ2n) is 2.04. The number of hydrogen-bond donors (Lipinski definition) is 5. The van der Waals surface area contributed by atoms with Crippen LogP contribution in [0.1, 0.15) is 0 Å². The molecule has 0 aliphatic carbocycles. The standard InChI is InChI=1S/C6H12O5.Co/c7-2-1-4(9)6(11)5(10)3-8;/h1,3-11H,2H2;/q-2;+2/t4-,5+,6+;/m1./s1. The fourth-order valence-corrected chi connectivity index (χ4v) is 0.538. The SMILES string of the molecule is O[CH-][C@H](O)[C@@H](O)[C@H](O)[CH-]CO.[Co+2]. The van der Waals surface area contributed by atoms with Gasteiger partial charge in [0.1, 0.15) is 0 Å². The molecule has 0 bridgehead atoms. The van der Waals surface area contributed by atoms with Gasteiger partial charge in [0.2, 0.25) is 0 Å². The van der Waals surface area contributed by atoms with Crippen LogP contribution in [0.5, 0.6) is 0 Å². The Bertz CT molecular complexity index is 102. The van der Waals surface area contributed by atoms with Crippen LogP contribution in [-0.2, 0) is 16.8 Å². The Morgan fingerprint density at radius 2 is 1.58 bits per heavy atom. The molecule has 0 aromatic rings. The van der Waals surface area contributed by atoms with E-state index in [1.165, 1.54) is 0 Å². The summed E-state index contributed by atoms with van der Waals surface area (Å²) >= 11 is 0. The van der Waals surface area contributed by atoms with E-state index in [1.54, 1.807) is 0 Å². The zero-order valence-corrected chi connectivity index (χ0v) is 7.20. The summed E-state index contributed by atoms with van der Waals surface area (Å²) in [6.45, 7) is -0.0462. The Hall–Kier alpha value is 0.306. The minimum Gasteiger partial charge on any atom is -0.563 e. The van der Waals surface area contributed by atoms with Crippen LogP contribution in [0.15, 0.2) is 0 Å². The maximum atomic E-state index is 8.88. The Kier molecular flexibility index (Phi) is 9.79. The molecule has 0 heterocycles. The first-order valence-corrected chi connectivity index (χ1v) is 3.09. The van der Waals surface area contributed by atoms with E-state index in [0.717, 1.165) is 6.42 Å². The van der Waals surface area contributed by atoms with E-state index in [1.807, 2.05) is 0 Å². The van der Waals surface area contributed by atoms with Crippen molar-refractivity contribution in [3.63, 3.8) is 0 Å². The van der Waals surface area contributed by atoms with Crippen LogP contribution < -0.4 is 0 Å². The first kappa shape index (κ1) is 14.8. The number of aliphatic hydroxyl groups is 5. The third kappa shape index (κ3) is 5.04. The molecule has 0 aromatic heterocycles. The Morgan fingerprint density at radius 3 is 1.92 bits per heavy atom. The molecule has 0 aliphatic rings. The van der Waals surface area contributed by atoms with Gasteiger partial charge in [0, 0.05) is 0 Å². The summed E-state index contributed by atoms with van der Waals surface area (Å²) in [5.41, 5.74) is 0. The molecule has 0 saturated heterocycles. The molecule has 0 aliphatic heterocycles. The fraction of sp³-hybridized carbons (Fsp3) is 0.667. The van der Waals surface area contributed by atoms with E-state index in [-0.39, 0.29) is 16.8 Å². The van der Waals surface area contributed by atoms with Crippen LogP contribution in [0.3, 0.4) is 0 Å². The quantitative estimate of drug-likeness (QED) is 0.340. The normalized spacial score (nSPS) is 17.8. The summed E-state index contributed by atoms with van der Waals surface area (Å²) in [6, 6.07) is 0. The maximum absolute atomic E-state index is 8.88. The van der Waals surface area contributed by atoms with E-state index >= 15 is 0 Å². The molecule has 6 heteroatoms. The molecule has 0 rings (SSSR count). The third-order valence-corrected chi connectivity index (χ3v) is 1.20. The van der Waals surface area contributed by atoms with E-state index in [4.69, 9.17) is 25.5 Å². The summed E-state index contributed by atoms with van der Waals surface area (Å²) in [4.78, 5) is 0. The van der Waals surface area contributed by atoms with Gasteiger partial charge < -0.3 is 25.5 Å². The molecular formula is C6H12CoO5. The molecular weight excluding hydrogens is 211 g/mol. The van der Waals surface area contributed by atoms with E-state index in [2.05, 4.69) is 0 Å². The van der Waals surface area contributed by atoms with Crippen LogP contribution in [0.25, 0.3) is 0 Å². The van der Waals surface area contributed by atoms with Crippen LogP contribution in [-0.4, -0.2) is 50.5 Å². The average molecular weight is 223 g/mol. The van der Waals surface area contributed by atoms with Crippen molar-refractivity contribution >= 4 is 0 Å². The van der Waals surface area contributed by atoms with Crippen molar-refractivity contribution in [3.8, 4) is 0 Å². The van der Waals surface area contributed by atoms with Gasteiger partial charge in [-0.1, -0.05) is 6.61 Å². The Balaban J connectivity index is 0. The molecule has 1 radical (unpaired) electrons. The van der Waals surface area contributed by atoms with Crippen molar-refractivity contribution in [1.82, 2.24) is 0 Å². The number of rotatable bonds is 5. The molecule has 3 atom stereocenters. The van der Waals surface area contributed by atoms with Crippen LogP contribution in [0.2, 0.25) is 0 Å². The van der Waals surface area contributed by atoms with Gasteiger partial charge in [0.25, 0.3) is 0 Å². The second-order valence-corrected chi connectivity index (χ2v) is 2.04. The number of hydrogen-bond acceptors (Lipinski definition) is 5. The van der Waals surface area contributed by atoms with Gasteiger partial charge in [-0.15, -0.1) is 0 Å². The van der Waals surface area contributed by atoms with E-state index in [0.29, 0.717) is 6.61 Å². The molecule has 0 saturated carbocycles. The molecule has 0 amide bonds. The van der Waals surface area contributed by atoms with Crippen LogP contribution in [0, 0.1) is 13.0 Å². The first-order chi connectivity index (χ1) is 5.13. The summed E-state index contributed by atoms with van der Waals surface area (Å²) in [5, 5.41) is 42.9. The molecule has 5 N–H and O–H groups in total. The van der Waals surface area contributed by atoms with Crippen molar-refractivity contribution in [2.45, 2.75) is 18.3 Å². The van der Waals surface area contributed by atoms with Gasteiger partial charge >= 0.3 is 16.8 Å². The predicted octanol–water partition coefficient (Wildman–Crippen LogP) is -2.20. The molecule has 0 spiro atoms. The average Bonchev–Trinajstić information content (AvgIpc) is 2.02.